The van der Waals surface area contributed by atoms with Crippen LogP contribution in [0.3, 0.4) is 0 Å². The van der Waals surface area contributed by atoms with Crippen molar-refractivity contribution in [2.24, 2.45) is 17.4 Å². The van der Waals surface area contributed by atoms with Gasteiger partial charge >= 0.3 is 11.9 Å². The summed E-state index contributed by atoms with van der Waals surface area (Å²) in [4.78, 5) is 22.5. The van der Waals surface area contributed by atoms with Crippen molar-refractivity contribution in [3.8, 4) is 5.75 Å². The number of hydrogen-bond acceptors (Lipinski definition) is 5. The maximum absolute atomic E-state index is 11.8. The summed E-state index contributed by atoms with van der Waals surface area (Å²) in [6.07, 6.45) is 1.01. The van der Waals surface area contributed by atoms with Crippen molar-refractivity contribution in [3.63, 3.8) is 0 Å². The molecule has 6 nitrogen and oxygen atoms in total. The van der Waals surface area contributed by atoms with Gasteiger partial charge in [0.05, 0.1) is 0 Å². The molecule has 0 aliphatic carbocycles. The normalized spacial score (nSPS) is 15.0. The Morgan fingerprint density at radius 3 is 2.29 bits per heavy atom. The van der Waals surface area contributed by atoms with Crippen molar-refractivity contribution in [2.45, 2.75) is 38.8 Å². The third-order valence-corrected chi connectivity index (χ3v) is 3.44. The Morgan fingerprint density at radius 1 is 1.24 bits per heavy atom. The van der Waals surface area contributed by atoms with E-state index in [9.17, 15) is 9.59 Å². The molecule has 6 heteroatoms. The fourth-order valence-corrected chi connectivity index (χ4v) is 1.71. The molecule has 1 rings (SSSR count). The molecule has 0 aromatic heterocycles. The Bertz CT molecular complexity index is 487. The number of carboxylic acid groups (broad SMARTS) is 1. The Hall–Kier alpha value is -1.92. The van der Waals surface area contributed by atoms with Crippen LogP contribution in [0.25, 0.3) is 0 Å². The third kappa shape index (κ3) is 5.17. The van der Waals surface area contributed by atoms with E-state index in [4.69, 9.17) is 21.3 Å². The molecule has 0 amide bonds. The molecule has 21 heavy (non-hydrogen) atoms. The first-order valence-corrected chi connectivity index (χ1v) is 6.89. The molecular weight excluding hydrogens is 272 g/mol. The highest BCUT2D eigenvalue weighted by molar-refractivity contribution is 5.78. The van der Waals surface area contributed by atoms with Crippen LogP contribution in [0.5, 0.6) is 5.75 Å². The summed E-state index contributed by atoms with van der Waals surface area (Å²) >= 11 is 0. The van der Waals surface area contributed by atoms with Crippen LogP contribution in [-0.4, -0.2) is 29.1 Å². The standard InChI is InChI=1S/C15H22N2O4/c1-3-9(2)13(17)15(20)21-11-6-4-10(5-7-11)8-12(16)14(18)19/h4-7,9,12-13H,3,8,16-17H2,1-2H3,(H,18,19)/t9-,12+,13-/m0/s1. The average Bonchev–Trinajstić information content (AvgIpc) is 2.47. The van der Waals surface area contributed by atoms with E-state index in [-0.39, 0.29) is 12.3 Å². The van der Waals surface area contributed by atoms with E-state index >= 15 is 0 Å². The Balaban J connectivity index is 2.62. The molecule has 0 bridgehead atoms. The Labute approximate surface area is 124 Å². The molecule has 116 valence electrons. The fourth-order valence-electron chi connectivity index (χ4n) is 1.71. The molecule has 3 atom stereocenters. The number of carboxylic acids is 1. The zero-order valence-corrected chi connectivity index (χ0v) is 12.3. The second-order valence-electron chi connectivity index (χ2n) is 5.13. The summed E-state index contributed by atoms with van der Waals surface area (Å²) in [6.45, 7) is 3.85. The van der Waals surface area contributed by atoms with Crippen LogP contribution in [0.15, 0.2) is 24.3 Å². The van der Waals surface area contributed by atoms with Gasteiger partial charge in [-0.1, -0.05) is 32.4 Å². The Morgan fingerprint density at radius 2 is 1.81 bits per heavy atom. The molecule has 0 aliphatic heterocycles. The number of hydrogen-bond donors (Lipinski definition) is 3. The summed E-state index contributed by atoms with van der Waals surface area (Å²) in [5, 5.41) is 8.75. The molecule has 0 unspecified atom stereocenters. The van der Waals surface area contributed by atoms with Crippen molar-refractivity contribution in [3.05, 3.63) is 29.8 Å². The predicted octanol–water partition coefficient (Wildman–Crippen LogP) is 0.920. The zero-order valence-electron chi connectivity index (χ0n) is 12.3. The summed E-state index contributed by atoms with van der Waals surface area (Å²) in [5.41, 5.74) is 12.0. The predicted molar refractivity (Wildman–Crippen MR) is 78.8 cm³/mol. The van der Waals surface area contributed by atoms with Crippen molar-refractivity contribution in [2.75, 3.05) is 0 Å². The molecule has 0 saturated carbocycles. The highest BCUT2D eigenvalue weighted by Crippen LogP contribution is 2.15. The average molecular weight is 294 g/mol. The maximum atomic E-state index is 11.8. The lowest BCUT2D eigenvalue weighted by atomic mass is 10.0. The van der Waals surface area contributed by atoms with Gasteiger partial charge in [0.2, 0.25) is 0 Å². The minimum atomic E-state index is -1.05. The van der Waals surface area contributed by atoms with Gasteiger partial charge in [0.15, 0.2) is 0 Å². The molecule has 5 N–H and O–H groups in total. The second kappa shape index (κ2) is 7.75. The number of rotatable bonds is 7. The van der Waals surface area contributed by atoms with E-state index in [2.05, 4.69) is 0 Å². The zero-order chi connectivity index (χ0) is 16.0. The summed E-state index contributed by atoms with van der Waals surface area (Å²) in [7, 11) is 0. The third-order valence-electron chi connectivity index (χ3n) is 3.44. The summed E-state index contributed by atoms with van der Waals surface area (Å²) in [6, 6.07) is 4.96. The molecule has 0 spiro atoms. The van der Waals surface area contributed by atoms with Gasteiger partial charge < -0.3 is 21.3 Å². The van der Waals surface area contributed by atoms with Gasteiger partial charge in [0.1, 0.15) is 17.8 Å². The van der Waals surface area contributed by atoms with Gasteiger partial charge in [-0.05, 0) is 30.0 Å². The number of esters is 1. The van der Waals surface area contributed by atoms with Crippen LogP contribution < -0.4 is 16.2 Å². The molecular formula is C15H22N2O4. The van der Waals surface area contributed by atoms with Crippen LogP contribution in [0.2, 0.25) is 0 Å². The van der Waals surface area contributed by atoms with Crippen LogP contribution in [0.4, 0.5) is 0 Å². The lowest BCUT2D eigenvalue weighted by Crippen LogP contribution is -2.39. The SMILES string of the molecule is CC[C@H](C)[C@H](N)C(=O)Oc1ccc(C[C@@H](N)C(=O)O)cc1. The van der Waals surface area contributed by atoms with Crippen LogP contribution >= 0.6 is 0 Å². The van der Waals surface area contributed by atoms with Gasteiger partial charge in [-0.3, -0.25) is 4.79 Å². The van der Waals surface area contributed by atoms with E-state index in [0.717, 1.165) is 12.0 Å². The van der Waals surface area contributed by atoms with Gasteiger partial charge in [-0.2, -0.15) is 0 Å². The molecule has 0 radical (unpaired) electrons. The van der Waals surface area contributed by atoms with Crippen molar-refractivity contribution < 1.29 is 19.4 Å². The van der Waals surface area contributed by atoms with E-state index in [1.165, 1.54) is 0 Å². The Kier molecular flexibility index (Phi) is 6.33. The molecule has 1 aromatic rings. The number of aliphatic carboxylic acids is 1. The summed E-state index contributed by atoms with van der Waals surface area (Å²) < 4.78 is 5.20. The number of ether oxygens (including phenoxy) is 1. The molecule has 0 saturated heterocycles. The largest absolute Gasteiger partial charge is 0.480 e. The van der Waals surface area contributed by atoms with Gasteiger partial charge in [0.25, 0.3) is 0 Å². The molecule has 0 aliphatic rings. The van der Waals surface area contributed by atoms with Crippen molar-refractivity contribution >= 4 is 11.9 Å². The highest BCUT2D eigenvalue weighted by atomic mass is 16.5. The van der Waals surface area contributed by atoms with E-state index in [0.29, 0.717) is 5.75 Å². The van der Waals surface area contributed by atoms with Crippen LogP contribution in [0.1, 0.15) is 25.8 Å². The van der Waals surface area contributed by atoms with E-state index < -0.39 is 24.0 Å². The van der Waals surface area contributed by atoms with Crippen LogP contribution in [0, 0.1) is 5.92 Å². The maximum Gasteiger partial charge on any atom is 0.328 e. The lowest BCUT2D eigenvalue weighted by molar-refractivity contribution is -0.138. The van der Waals surface area contributed by atoms with Crippen molar-refractivity contribution in [1.82, 2.24) is 0 Å². The topological polar surface area (TPSA) is 116 Å². The first-order valence-electron chi connectivity index (χ1n) is 6.89. The number of nitrogens with two attached hydrogens (primary N) is 2. The van der Waals surface area contributed by atoms with Gasteiger partial charge in [0, 0.05) is 0 Å². The van der Waals surface area contributed by atoms with Crippen molar-refractivity contribution in [1.29, 1.82) is 0 Å². The first kappa shape index (κ1) is 17.1. The minimum Gasteiger partial charge on any atom is -0.480 e. The van der Waals surface area contributed by atoms with Gasteiger partial charge in [-0.25, -0.2) is 4.79 Å². The first-order chi connectivity index (χ1) is 9.85. The molecule has 0 fully saturated rings. The number of carbonyl (C=O) groups excluding carboxylic acids is 1. The summed E-state index contributed by atoms with van der Waals surface area (Å²) in [5.74, 6) is -1.10. The fraction of sp³-hybridized carbons (Fsp3) is 0.467. The van der Waals surface area contributed by atoms with E-state index in [1.807, 2.05) is 13.8 Å². The van der Waals surface area contributed by atoms with Gasteiger partial charge in [-0.15, -0.1) is 0 Å². The minimum absolute atomic E-state index is 0.0466. The second-order valence-corrected chi connectivity index (χ2v) is 5.13. The van der Waals surface area contributed by atoms with E-state index in [1.54, 1.807) is 24.3 Å². The highest BCUT2D eigenvalue weighted by Gasteiger charge is 2.21. The lowest BCUT2D eigenvalue weighted by Gasteiger charge is -2.16. The number of benzene rings is 1. The van der Waals surface area contributed by atoms with Crippen LogP contribution in [-0.2, 0) is 16.0 Å². The monoisotopic (exact) mass is 294 g/mol. The smallest absolute Gasteiger partial charge is 0.328 e. The molecule has 1 aromatic carbocycles. The number of carbonyl (C=O) groups is 2. The quantitative estimate of drug-likeness (QED) is 0.508. The molecule has 0 heterocycles.